The summed E-state index contributed by atoms with van der Waals surface area (Å²) in [4.78, 5) is 40.0. The van der Waals surface area contributed by atoms with Gasteiger partial charge in [0.2, 0.25) is 5.78 Å². The molecule has 0 heterocycles. The first-order valence-corrected chi connectivity index (χ1v) is 10.0. The van der Waals surface area contributed by atoms with Gasteiger partial charge in [-0.3, -0.25) is 19.3 Å². The fourth-order valence-corrected chi connectivity index (χ4v) is 5.58. The van der Waals surface area contributed by atoms with Crippen molar-refractivity contribution in [2.24, 2.45) is 17.6 Å². The Morgan fingerprint density at radius 3 is 2.29 bits per heavy atom. The minimum atomic E-state index is -2.89. The molecule has 1 aromatic rings. The van der Waals surface area contributed by atoms with Crippen LogP contribution in [0.3, 0.4) is 0 Å². The number of hydrogen-bond donors (Lipinski definition) is 6. The van der Waals surface area contributed by atoms with E-state index in [4.69, 9.17) is 5.73 Å². The minimum Gasteiger partial charge on any atom is -1.00 e. The van der Waals surface area contributed by atoms with Gasteiger partial charge in [0.25, 0.3) is 5.91 Å². The number of likely N-dealkylation sites (N-methyl/N-ethyl adjacent to an activating group) is 1. The molecule has 11 nitrogen and oxygen atoms in total. The van der Waals surface area contributed by atoms with Crippen molar-refractivity contribution < 1.29 is 76.4 Å². The standard InChI is InChI=1S/C22H24N2O8.Na.H2O.H/c1-7-8-5-4-6-9(25)11(8)16(26)12-10(7)17(27)14-15(24(2)3)18(28)13(21(23)31)20(30)22(14,32)19(12)29;;;/h4-7,10,14-15,17,25-27,30,32H,1-3H3,(H2,23,31);;1H2;/q;+1;;-1/t7-,10+,14+,15-,17-,22-;;;/m0.../s1. The zero-order valence-electron chi connectivity index (χ0n) is 20.1. The average Bonchev–Trinajstić information content (AvgIpc) is 2.70. The van der Waals surface area contributed by atoms with Crippen molar-refractivity contribution in [2.45, 2.75) is 30.6 Å². The Balaban J connectivity index is 0.00000204. The van der Waals surface area contributed by atoms with Gasteiger partial charge in [0, 0.05) is 11.5 Å². The van der Waals surface area contributed by atoms with E-state index >= 15 is 0 Å². The maximum absolute atomic E-state index is 13.7. The third kappa shape index (κ3) is 3.34. The monoisotopic (exact) mass is 486 g/mol. The molecule has 4 rings (SSSR count). The van der Waals surface area contributed by atoms with Crippen molar-refractivity contribution in [1.82, 2.24) is 4.90 Å². The van der Waals surface area contributed by atoms with E-state index in [9.17, 15) is 39.9 Å². The third-order valence-corrected chi connectivity index (χ3v) is 6.99. The summed E-state index contributed by atoms with van der Waals surface area (Å²) in [6.45, 7) is 1.68. The van der Waals surface area contributed by atoms with Crippen LogP contribution in [0.15, 0.2) is 35.1 Å². The number of fused-ring (bicyclic) bond motifs is 3. The van der Waals surface area contributed by atoms with Gasteiger partial charge >= 0.3 is 29.6 Å². The molecule has 9 N–H and O–H groups in total. The maximum Gasteiger partial charge on any atom is 1.00 e. The van der Waals surface area contributed by atoms with Crippen molar-refractivity contribution in [2.75, 3.05) is 14.1 Å². The number of primary amides is 1. The van der Waals surface area contributed by atoms with Crippen LogP contribution in [0, 0.1) is 11.8 Å². The van der Waals surface area contributed by atoms with Gasteiger partial charge in [0.05, 0.1) is 23.6 Å². The molecule has 180 valence electrons. The topological polar surface area (TPSA) is 213 Å². The first-order chi connectivity index (χ1) is 14.9. The predicted octanol–water partition coefficient (Wildman–Crippen LogP) is -4.21. The summed E-state index contributed by atoms with van der Waals surface area (Å²) in [5.41, 5.74) is 1.47. The van der Waals surface area contributed by atoms with Crippen LogP contribution in [0.5, 0.6) is 5.75 Å². The van der Waals surface area contributed by atoms with E-state index in [0.717, 1.165) is 0 Å². The summed E-state index contributed by atoms with van der Waals surface area (Å²) < 4.78 is 0. The van der Waals surface area contributed by atoms with Gasteiger partial charge in [0.1, 0.15) is 22.8 Å². The number of nitrogens with zero attached hydrogens (tertiary/aromatic N) is 1. The second-order valence-corrected chi connectivity index (χ2v) is 8.79. The Morgan fingerprint density at radius 2 is 1.76 bits per heavy atom. The maximum atomic E-state index is 13.7. The van der Waals surface area contributed by atoms with Crippen LogP contribution in [0.25, 0.3) is 5.76 Å². The molecular formula is C22H27N2NaO9. The molecule has 3 aliphatic carbocycles. The summed E-state index contributed by atoms with van der Waals surface area (Å²) in [5, 5.41) is 54.9. The number of hydrogen-bond acceptors (Lipinski definition) is 9. The Morgan fingerprint density at radius 1 is 1.18 bits per heavy atom. The number of rotatable bonds is 2. The van der Waals surface area contributed by atoms with Crippen LogP contribution in [-0.4, -0.2) is 85.2 Å². The Hall–Kier alpha value is -2.25. The number of Topliss-reactive ketones (excluding diaryl/α,β-unsaturated/α-hetero) is 2. The third-order valence-electron chi connectivity index (χ3n) is 6.99. The van der Waals surface area contributed by atoms with Crippen molar-refractivity contribution in [1.29, 1.82) is 0 Å². The van der Waals surface area contributed by atoms with E-state index < -0.39 is 75.6 Å². The number of ketones is 2. The smallest absolute Gasteiger partial charge is 1.00 e. The van der Waals surface area contributed by atoms with E-state index in [2.05, 4.69) is 0 Å². The number of carbonyl (C=O) groups is 3. The normalized spacial score (nSPS) is 32.4. The zero-order valence-corrected chi connectivity index (χ0v) is 21.1. The van der Waals surface area contributed by atoms with Crippen LogP contribution < -0.4 is 35.3 Å². The largest absolute Gasteiger partial charge is 1.00 e. The second kappa shape index (κ2) is 9.08. The van der Waals surface area contributed by atoms with Crippen LogP contribution >= 0.6 is 0 Å². The van der Waals surface area contributed by atoms with Gasteiger partial charge in [-0.15, -0.1) is 0 Å². The molecule has 0 unspecified atom stereocenters. The molecular weight excluding hydrogens is 459 g/mol. The molecule has 0 bridgehead atoms. The van der Waals surface area contributed by atoms with Gasteiger partial charge < -0.3 is 38.2 Å². The summed E-state index contributed by atoms with van der Waals surface area (Å²) in [7, 11) is 2.92. The minimum absolute atomic E-state index is 0. The molecule has 0 radical (unpaired) electrons. The predicted molar refractivity (Wildman–Crippen MR) is 115 cm³/mol. The molecule has 12 heteroatoms. The molecule has 0 aromatic heterocycles. The Bertz CT molecular complexity index is 1150. The van der Waals surface area contributed by atoms with Gasteiger partial charge in [-0.25, -0.2) is 0 Å². The fraction of sp³-hybridized carbons (Fsp3) is 0.409. The first-order valence-electron chi connectivity index (χ1n) is 10.0. The molecule has 6 atom stereocenters. The van der Waals surface area contributed by atoms with E-state index in [1.807, 2.05) is 0 Å². The van der Waals surface area contributed by atoms with Crippen LogP contribution in [0.2, 0.25) is 0 Å². The number of amides is 1. The van der Waals surface area contributed by atoms with Crippen LogP contribution in [0.1, 0.15) is 25.4 Å². The number of nitrogens with two attached hydrogens (primary N) is 1. The quantitative estimate of drug-likeness (QED) is 0.176. The molecule has 1 aromatic carbocycles. The van der Waals surface area contributed by atoms with Crippen molar-refractivity contribution in [3.8, 4) is 5.75 Å². The van der Waals surface area contributed by atoms with Crippen molar-refractivity contribution >= 4 is 23.2 Å². The fourth-order valence-electron chi connectivity index (χ4n) is 5.58. The number of phenols is 1. The van der Waals surface area contributed by atoms with E-state index in [1.165, 1.54) is 25.1 Å². The first kappa shape index (κ1) is 28.0. The van der Waals surface area contributed by atoms with Gasteiger partial charge in [-0.2, -0.15) is 0 Å². The van der Waals surface area contributed by atoms with Crippen molar-refractivity contribution in [3.05, 3.63) is 46.2 Å². The molecule has 34 heavy (non-hydrogen) atoms. The summed E-state index contributed by atoms with van der Waals surface area (Å²) in [6.07, 6.45) is -1.59. The number of aliphatic hydroxyl groups excluding tert-OH is 3. The summed E-state index contributed by atoms with van der Waals surface area (Å²) in [6, 6.07) is 3.13. The Labute approximate surface area is 218 Å². The molecule has 1 fully saturated rings. The van der Waals surface area contributed by atoms with Gasteiger partial charge in [0.15, 0.2) is 11.4 Å². The molecule has 1 saturated carbocycles. The summed E-state index contributed by atoms with van der Waals surface area (Å²) in [5.74, 6) is -8.87. The summed E-state index contributed by atoms with van der Waals surface area (Å²) >= 11 is 0. The van der Waals surface area contributed by atoms with Gasteiger partial charge in [-0.05, 0) is 31.6 Å². The Kier molecular flexibility index (Phi) is 7.47. The van der Waals surface area contributed by atoms with E-state index in [-0.39, 0.29) is 47.8 Å². The van der Waals surface area contributed by atoms with E-state index in [1.54, 1.807) is 19.1 Å². The zero-order chi connectivity index (χ0) is 23.9. The van der Waals surface area contributed by atoms with E-state index in [0.29, 0.717) is 5.56 Å². The number of benzene rings is 1. The molecule has 0 saturated heterocycles. The number of aliphatic hydroxyl groups is 4. The van der Waals surface area contributed by atoms with Crippen molar-refractivity contribution in [3.63, 3.8) is 0 Å². The molecule has 3 aliphatic rings. The van der Waals surface area contributed by atoms with Gasteiger partial charge in [-0.1, -0.05) is 19.1 Å². The number of carbonyl (C=O) groups excluding carboxylic acids is 3. The second-order valence-electron chi connectivity index (χ2n) is 8.79. The van der Waals surface area contributed by atoms with Crippen LogP contribution in [0.4, 0.5) is 0 Å². The van der Waals surface area contributed by atoms with Crippen LogP contribution in [-0.2, 0) is 14.4 Å². The molecule has 0 aliphatic heterocycles. The molecule has 1 amide bonds. The molecule has 0 spiro atoms. The number of aromatic hydroxyl groups is 1. The SMILES string of the molecule is C[C@H]1c2cccc(O)c2C(O)=C2C(=O)[C@]3(O)C(O)=C(C(N)=O)C(=O)[C@@H](N(C)C)[C@@H]3[C@@H](O)[C@@H]21.O.[H-].[Na+]. The average molecular weight is 486 g/mol. The number of phenolic OH excluding ortho intramolecular Hbond substituents is 1.